The maximum absolute atomic E-state index is 12.2. The van der Waals surface area contributed by atoms with Crippen molar-refractivity contribution < 1.29 is 9.59 Å². The molecule has 1 aromatic rings. The quantitative estimate of drug-likeness (QED) is 0.684. The number of hydrogen-bond acceptors (Lipinski definition) is 3. The van der Waals surface area contributed by atoms with Crippen LogP contribution in [0.4, 0.5) is 5.69 Å². The van der Waals surface area contributed by atoms with Crippen molar-refractivity contribution in [1.82, 2.24) is 4.90 Å². The van der Waals surface area contributed by atoms with Crippen LogP contribution in [0.1, 0.15) is 11.5 Å². The first-order valence-electron chi connectivity index (χ1n) is 5.82. The predicted molar refractivity (Wildman–Crippen MR) is 71.4 cm³/mol. The number of halogens is 1. The summed E-state index contributed by atoms with van der Waals surface area (Å²) in [6.07, 6.45) is 0. The first-order chi connectivity index (χ1) is 8.50. The van der Waals surface area contributed by atoms with E-state index in [4.69, 9.17) is 0 Å². The summed E-state index contributed by atoms with van der Waals surface area (Å²) in [5.74, 6) is -0.708. The smallest absolute Gasteiger partial charge is 0.237 e. The molecule has 2 amide bonds. The fourth-order valence-corrected chi connectivity index (χ4v) is 3.31. The van der Waals surface area contributed by atoms with Gasteiger partial charge in [0.15, 0.2) is 0 Å². The Hall–Kier alpha value is -1.36. The first-order valence-corrected chi connectivity index (χ1v) is 6.62. The SMILES string of the molecule is CN1C(=O)[C@H]2CN(C)c3ccc(Br)cc3[C@H]2C1=O. The van der Waals surface area contributed by atoms with Crippen LogP contribution in [0.2, 0.25) is 0 Å². The molecule has 1 saturated heterocycles. The minimum atomic E-state index is -0.314. The first kappa shape index (κ1) is 11.7. The van der Waals surface area contributed by atoms with Crippen LogP contribution >= 0.6 is 15.9 Å². The number of amides is 2. The zero-order valence-corrected chi connectivity index (χ0v) is 11.8. The molecule has 0 bridgehead atoms. The molecule has 3 rings (SSSR count). The lowest BCUT2D eigenvalue weighted by Gasteiger charge is -2.33. The van der Waals surface area contributed by atoms with Gasteiger partial charge in [0, 0.05) is 30.8 Å². The summed E-state index contributed by atoms with van der Waals surface area (Å²) in [5, 5.41) is 0. The van der Waals surface area contributed by atoms with Gasteiger partial charge in [0.25, 0.3) is 0 Å². The lowest BCUT2D eigenvalue weighted by atomic mass is 9.83. The third-order valence-corrected chi connectivity index (χ3v) is 4.35. The molecule has 5 heteroatoms. The molecule has 0 aliphatic carbocycles. The lowest BCUT2D eigenvalue weighted by Crippen LogP contribution is -2.37. The molecule has 0 unspecified atom stereocenters. The van der Waals surface area contributed by atoms with Gasteiger partial charge in [0.1, 0.15) is 0 Å². The van der Waals surface area contributed by atoms with Crippen LogP contribution in [0, 0.1) is 5.92 Å². The Labute approximate surface area is 114 Å². The molecular weight excluding hydrogens is 296 g/mol. The molecule has 1 fully saturated rings. The van der Waals surface area contributed by atoms with Crippen LogP contribution < -0.4 is 4.90 Å². The Kier molecular flexibility index (Phi) is 2.48. The molecule has 94 valence electrons. The highest BCUT2D eigenvalue weighted by molar-refractivity contribution is 9.10. The molecule has 18 heavy (non-hydrogen) atoms. The largest absolute Gasteiger partial charge is 0.374 e. The summed E-state index contributed by atoms with van der Waals surface area (Å²) in [6.45, 7) is 0.605. The predicted octanol–water partition coefficient (Wildman–Crippen LogP) is 1.60. The molecule has 0 N–H and O–H groups in total. The third-order valence-electron chi connectivity index (χ3n) is 3.85. The molecule has 2 aliphatic heterocycles. The summed E-state index contributed by atoms with van der Waals surface area (Å²) in [7, 11) is 3.53. The fourth-order valence-electron chi connectivity index (χ4n) is 2.93. The summed E-state index contributed by atoms with van der Waals surface area (Å²) in [6, 6.07) is 5.90. The van der Waals surface area contributed by atoms with Gasteiger partial charge in [-0.25, -0.2) is 0 Å². The number of anilines is 1. The topological polar surface area (TPSA) is 40.6 Å². The number of imide groups is 1. The van der Waals surface area contributed by atoms with E-state index in [2.05, 4.69) is 15.9 Å². The Bertz CT molecular complexity index is 558. The number of likely N-dealkylation sites (tertiary alicyclic amines) is 1. The van der Waals surface area contributed by atoms with E-state index in [1.807, 2.05) is 30.1 Å². The lowest BCUT2D eigenvalue weighted by molar-refractivity contribution is -0.137. The number of likely N-dealkylation sites (N-methyl/N-ethyl adjacent to an activating group) is 1. The summed E-state index contributed by atoms with van der Waals surface area (Å²) < 4.78 is 0.935. The Morgan fingerprint density at radius 2 is 1.94 bits per heavy atom. The van der Waals surface area contributed by atoms with Crippen LogP contribution in [0.15, 0.2) is 22.7 Å². The normalized spacial score (nSPS) is 26.4. The Morgan fingerprint density at radius 1 is 1.22 bits per heavy atom. The average molecular weight is 309 g/mol. The van der Waals surface area contributed by atoms with Crippen molar-refractivity contribution in [1.29, 1.82) is 0 Å². The number of benzene rings is 1. The van der Waals surface area contributed by atoms with Gasteiger partial charge in [-0.05, 0) is 23.8 Å². The highest BCUT2D eigenvalue weighted by Crippen LogP contribution is 2.44. The van der Waals surface area contributed by atoms with E-state index in [-0.39, 0.29) is 23.7 Å². The van der Waals surface area contributed by atoms with Gasteiger partial charge in [-0.1, -0.05) is 15.9 Å². The number of carbonyl (C=O) groups excluding carboxylic acids is 2. The number of fused-ring (bicyclic) bond motifs is 3. The van der Waals surface area contributed by atoms with Crippen LogP contribution in [0.3, 0.4) is 0 Å². The second-order valence-corrected chi connectivity index (χ2v) is 5.82. The van der Waals surface area contributed by atoms with Gasteiger partial charge in [-0.2, -0.15) is 0 Å². The summed E-state index contributed by atoms with van der Waals surface area (Å²) in [4.78, 5) is 27.6. The molecule has 1 aromatic carbocycles. The summed E-state index contributed by atoms with van der Waals surface area (Å²) >= 11 is 3.43. The number of nitrogens with zero attached hydrogens (tertiary/aromatic N) is 2. The zero-order chi connectivity index (χ0) is 13.0. The highest BCUT2D eigenvalue weighted by Gasteiger charge is 2.50. The summed E-state index contributed by atoms with van der Waals surface area (Å²) in [5.41, 5.74) is 1.99. The van der Waals surface area contributed by atoms with E-state index in [9.17, 15) is 9.59 Å². The standard InChI is InChI=1S/C13H13BrN2O2/c1-15-6-9-11(13(18)16(2)12(9)17)8-5-7(14)3-4-10(8)15/h3-5,9,11H,6H2,1-2H3/t9-,11+/m0/s1. The molecule has 0 saturated carbocycles. The molecule has 2 heterocycles. The van der Waals surface area contributed by atoms with Gasteiger partial charge < -0.3 is 4.90 Å². The van der Waals surface area contributed by atoms with Crippen molar-refractivity contribution in [2.75, 3.05) is 25.5 Å². The van der Waals surface area contributed by atoms with E-state index in [1.165, 1.54) is 4.90 Å². The second kappa shape index (κ2) is 3.82. The maximum atomic E-state index is 12.2. The van der Waals surface area contributed by atoms with Crippen LogP contribution in [0.25, 0.3) is 0 Å². The molecular formula is C13H13BrN2O2. The average Bonchev–Trinajstić information content (AvgIpc) is 2.54. The van der Waals surface area contributed by atoms with Crippen LogP contribution in [0.5, 0.6) is 0 Å². The van der Waals surface area contributed by atoms with E-state index < -0.39 is 0 Å². The van der Waals surface area contributed by atoms with Crippen molar-refractivity contribution >= 4 is 33.4 Å². The van der Waals surface area contributed by atoms with Crippen molar-refractivity contribution in [2.24, 2.45) is 5.92 Å². The molecule has 0 radical (unpaired) electrons. The fraction of sp³-hybridized carbons (Fsp3) is 0.385. The van der Waals surface area contributed by atoms with Crippen molar-refractivity contribution in [2.45, 2.75) is 5.92 Å². The van der Waals surface area contributed by atoms with E-state index in [0.717, 1.165) is 15.7 Å². The van der Waals surface area contributed by atoms with E-state index in [1.54, 1.807) is 7.05 Å². The number of hydrogen-bond donors (Lipinski definition) is 0. The van der Waals surface area contributed by atoms with Gasteiger partial charge in [-0.15, -0.1) is 0 Å². The van der Waals surface area contributed by atoms with Crippen molar-refractivity contribution in [3.8, 4) is 0 Å². The van der Waals surface area contributed by atoms with Crippen LogP contribution in [-0.4, -0.2) is 37.4 Å². The van der Waals surface area contributed by atoms with Gasteiger partial charge in [0.05, 0.1) is 11.8 Å². The maximum Gasteiger partial charge on any atom is 0.237 e. The molecule has 4 nitrogen and oxygen atoms in total. The molecule has 2 atom stereocenters. The Balaban J connectivity index is 2.18. The molecule has 2 aliphatic rings. The zero-order valence-electron chi connectivity index (χ0n) is 10.2. The van der Waals surface area contributed by atoms with Crippen molar-refractivity contribution in [3.63, 3.8) is 0 Å². The number of rotatable bonds is 0. The van der Waals surface area contributed by atoms with Gasteiger partial charge in [-0.3, -0.25) is 14.5 Å². The Morgan fingerprint density at radius 3 is 2.67 bits per heavy atom. The van der Waals surface area contributed by atoms with Crippen LogP contribution in [-0.2, 0) is 9.59 Å². The van der Waals surface area contributed by atoms with E-state index in [0.29, 0.717) is 6.54 Å². The van der Waals surface area contributed by atoms with Crippen molar-refractivity contribution in [3.05, 3.63) is 28.2 Å². The molecule has 0 aromatic heterocycles. The monoisotopic (exact) mass is 308 g/mol. The minimum Gasteiger partial charge on any atom is -0.374 e. The minimum absolute atomic E-state index is 0.0672. The number of carbonyl (C=O) groups is 2. The second-order valence-electron chi connectivity index (χ2n) is 4.90. The van der Waals surface area contributed by atoms with Gasteiger partial charge in [0.2, 0.25) is 11.8 Å². The third kappa shape index (κ3) is 1.43. The van der Waals surface area contributed by atoms with Gasteiger partial charge >= 0.3 is 0 Å². The molecule has 0 spiro atoms. The van der Waals surface area contributed by atoms with E-state index >= 15 is 0 Å². The highest BCUT2D eigenvalue weighted by atomic mass is 79.9.